The number of halogens is 1. The Hall–Kier alpha value is -3.23. The molecule has 2 aliphatic rings. The van der Waals surface area contributed by atoms with Gasteiger partial charge in [-0.05, 0) is 44.0 Å². The van der Waals surface area contributed by atoms with E-state index < -0.39 is 23.5 Å². The van der Waals surface area contributed by atoms with Crippen LogP contribution in [0.15, 0.2) is 50.5 Å². The van der Waals surface area contributed by atoms with Crippen molar-refractivity contribution in [2.45, 2.75) is 31.9 Å². The fourth-order valence-corrected chi connectivity index (χ4v) is 4.68. The number of aryl methyl sites for hydroxylation is 1. The summed E-state index contributed by atoms with van der Waals surface area (Å²) < 4.78 is 22.6. The Labute approximate surface area is 194 Å². The van der Waals surface area contributed by atoms with Crippen LogP contribution in [-0.2, 0) is 9.53 Å². The predicted octanol–water partition coefficient (Wildman–Crippen LogP) is 4.75. The maximum atomic E-state index is 13.6. The van der Waals surface area contributed by atoms with Gasteiger partial charge in [0.25, 0.3) is 5.91 Å². The molecule has 9 heteroatoms. The first-order chi connectivity index (χ1) is 15.9. The Balaban J connectivity index is 1.58. The third-order valence-electron chi connectivity index (χ3n) is 5.99. The van der Waals surface area contributed by atoms with Crippen molar-refractivity contribution in [3.8, 4) is 5.75 Å². The highest BCUT2D eigenvalue weighted by molar-refractivity contribution is 6.31. The minimum atomic E-state index is -0.901. The van der Waals surface area contributed by atoms with Crippen LogP contribution in [0, 0.1) is 6.92 Å². The van der Waals surface area contributed by atoms with Gasteiger partial charge in [-0.25, -0.2) is 0 Å². The van der Waals surface area contributed by atoms with E-state index in [-0.39, 0.29) is 24.0 Å². The van der Waals surface area contributed by atoms with Crippen molar-refractivity contribution >= 4 is 34.3 Å². The van der Waals surface area contributed by atoms with E-state index in [1.54, 1.807) is 31.2 Å². The van der Waals surface area contributed by atoms with Crippen LogP contribution in [0.2, 0.25) is 5.02 Å². The highest BCUT2D eigenvalue weighted by Gasteiger charge is 2.47. The fourth-order valence-electron chi connectivity index (χ4n) is 4.46. The standard InChI is InChI=1S/C24H22ClNO7/c1-12-5-6-16(32-12)20-19(22(28)24(29)26(20)11-15-4-3-7-31-15)21(27)17-9-13-8-14(25)10-18(30-2)23(13)33-17/h5-6,8-10,15,20,28H,3-4,7,11H2,1-2H3. The monoisotopic (exact) mass is 471 g/mol. The summed E-state index contributed by atoms with van der Waals surface area (Å²) in [5, 5.41) is 11.8. The van der Waals surface area contributed by atoms with Crippen LogP contribution in [-0.4, -0.2) is 48.1 Å². The third kappa shape index (κ3) is 3.69. The zero-order valence-corrected chi connectivity index (χ0v) is 18.8. The lowest BCUT2D eigenvalue weighted by atomic mass is 9.99. The van der Waals surface area contributed by atoms with Gasteiger partial charge in [0.05, 0.1) is 18.8 Å². The number of nitrogens with zero attached hydrogens (tertiary/aromatic N) is 1. The zero-order chi connectivity index (χ0) is 23.3. The lowest BCUT2D eigenvalue weighted by molar-refractivity contribution is -0.131. The maximum absolute atomic E-state index is 13.6. The number of hydrogen-bond donors (Lipinski definition) is 1. The summed E-state index contributed by atoms with van der Waals surface area (Å²) >= 11 is 6.13. The number of methoxy groups -OCH3 is 1. The molecule has 1 amide bonds. The normalized spacial score (nSPS) is 20.9. The largest absolute Gasteiger partial charge is 0.503 e. The molecule has 2 aliphatic heterocycles. The molecule has 33 heavy (non-hydrogen) atoms. The molecule has 5 rings (SSSR count). The Morgan fingerprint density at radius 3 is 2.76 bits per heavy atom. The van der Waals surface area contributed by atoms with Crippen molar-refractivity contribution in [2.24, 2.45) is 0 Å². The van der Waals surface area contributed by atoms with E-state index in [0.29, 0.717) is 39.9 Å². The number of ketones is 1. The number of carbonyl (C=O) groups excluding carboxylic acids is 2. The SMILES string of the molecule is COc1cc(Cl)cc2cc(C(=O)C3=C(O)C(=O)N(CC4CCCO4)C3c3ccc(C)o3)oc12. The molecule has 1 saturated heterocycles. The number of fused-ring (bicyclic) bond motifs is 1. The first kappa shape index (κ1) is 21.6. The van der Waals surface area contributed by atoms with E-state index in [1.807, 2.05) is 0 Å². The van der Waals surface area contributed by atoms with Gasteiger partial charge in [-0.2, -0.15) is 0 Å². The van der Waals surface area contributed by atoms with Crippen molar-refractivity contribution in [2.75, 3.05) is 20.3 Å². The minimum absolute atomic E-state index is 0.0489. The predicted molar refractivity (Wildman–Crippen MR) is 119 cm³/mol. The molecule has 0 saturated carbocycles. The topological polar surface area (TPSA) is 102 Å². The number of amides is 1. The number of aliphatic hydroxyl groups is 1. The first-order valence-electron chi connectivity index (χ1n) is 10.6. The Morgan fingerprint density at radius 1 is 1.27 bits per heavy atom. The average molecular weight is 472 g/mol. The van der Waals surface area contributed by atoms with Crippen molar-refractivity contribution in [1.82, 2.24) is 4.90 Å². The quantitative estimate of drug-likeness (QED) is 0.517. The molecular formula is C24H22ClNO7. The molecule has 172 valence electrons. The Kier molecular flexibility index (Phi) is 5.42. The zero-order valence-electron chi connectivity index (χ0n) is 18.1. The second-order valence-corrected chi connectivity index (χ2v) is 8.61. The molecule has 1 fully saturated rings. The molecule has 0 radical (unpaired) electrons. The number of aliphatic hydroxyl groups excluding tert-OH is 1. The van der Waals surface area contributed by atoms with Gasteiger partial charge in [-0.15, -0.1) is 0 Å². The number of ether oxygens (including phenoxy) is 2. The van der Waals surface area contributed by atoms with E-state index in [4.69, 9.17) is 29.9 Å². The summed E-state index contributed by atoms with van der Waals surface area (Å²) in [5.74, 6) is -0.572. The van der Waals surface area contributed by atoms with Crippen LogP contribution in [0.5, 0.6) is 5.75 Å². The van der Waals surface area contributed by atoms with Gasteiger partial charge in [0.2, 0.25) is 5.78 Å². The molecule has 2 unspecified atom stereocenters. The summed E-state index contributed by atoms with van der Waals surface area (Å²) in [6.07, 6.45) is 1.51. The van der Waals surface area contributed by atoms with Crippen molar-refractivity contribution in [3.63, 3.8) is 0 Å². The molecule has 3 aromatic rings. The molecule has 2 aromatic heterocycles. The van der Waals surface area contributed by atoms with Gasteiger partial charge < -0.3 is 28.3 Å². The molecule has 0 spiro atoms. The summed E-state index contributed by atoms with van der Waals surface area (Å²) in [7, 11) is 1.47. The van der Waals surface area contributed by atoms with Crippen LogP contribution in [0.1, 0.15) is 41.0 Å². The lowest BCUT2D eigenvalue weighted by Gasteiger charge is -2.27. The molecule has 2 atom stereocenters. The molecule has 1 N–H and O–H groups in total. The van der Waals surface area contributed by atoms with Gasteiger partial charge in [0.1, 0.15) is 17.6 Å². The third-order valence-corrected chi connectivity index (χ3v) is 6.21. The summed E-state index contributed by atoms with van der Waals surface area (Å²) in [4.78, 5) is 28.1. The minimum Gasteiger partial charge on any atom is -0.503 e. The first-order valence-corrected chi connectivity index (χ1v) is 11.0. The van der Waals surface area contributed by atoms with E-state index >= 15 is 0 Å². The molecule has 0 bridgehead atoms. The molecular weight excluding hydrogens is 450 g/mol. The summed E-state index contributed by atoms with van der Waals surface area (Å²) in [5.41, 5.74) is 0.243. The number of hydrogen-bond acceptors (Lipinski definition) is 7. The van der Waals surface area contributed by atoms with E-state index in [9.17, 15) is 14.7 Å². The smallest absolute Gasteiger partial charge is 0.290 e. The highest BCUT2D eigenvalue weighted by Crippen LogP contribution is 2.41. The fraction of sp³-hybridized carbons (Fsp3) is 0.333. The van der Waals surface area contributed by atoms with E-state index in [0.717, 1.165) is 12.8 Å². The van der Waals surface area contributed by atoms with Crippen LogP contribution >= 0.6 is 11.6 Å². The Morgan fingerprint density at radius 2 is 2.09 bits per heavy atom. The number of rotatable bonds is 6. The second kappa shape index (κ2) is 8.28. The van der Waals surface area contributed by atoms with Crippen molar-refractivity contribution in [1.29, 1.82) is 0 Å². The van der Waals surface area contributed by atoms with Crippen LogP contribution in [0.3, 0.4) is 0 Å². The number of furan rings is 2. The molecule has 8 nitrogen and oxygen atoms in total. The average Bonchev–Trinajstić information content (AvgIpc) is 3.57. The number of Topliss-reactive ketones (excluding diaryl/α,β-unsaturated/α-hetero) is 1. The van der Waals surface area contributed by atoms with E-state index in [2.05, 4.69) is 0 Å². The van der Waals surface area contributed by atoms with E-state index in [1.165, 1.54) is 18.1 Å². The molecule has 1 aromatic carbocycles. The molecule has 0 aliphatic carbocycles. The van der Waals surface area contributed by atoms with Gasteiger partial charge in [-0.1, -0.05) is 11.6 Å². The van der Waals surface area contributed by atoms with Gasteiger partial charge >= 0.3 is 0 Å². The maximum Gasteiger partial charge on any atom is 0.290 e. The van der Waals surface area contributed by atoms with Crippen molar-refractivity contribution in [3.05, 3.63) is 64.0 Å². The number of carbonyl (C=O) groups is 2. The lowest BCUT2D eigenvalue weighted by Crippen LogP contribution is -2.37. The second-order valence-electron chi connectivity index (χ2n) is 8.17. The van der Waals surface area contributed by atoms with Crippen LogP contribution < -0.4 is 4.74 Å². The van der Waals surface area contributed by atoms with Crippen LogP contribution in [0.25, 0.3) is 11.0 Å². The van der Waals surface area contributed by atoms with Gasteiger partial charge in [0.15, 0.2) is 22.9 Å². The van der Waals surface area contributed by atoms with Gasteiger partial charge in [-0.3, -0.25) is 9.59 Å². The van der Waals surface area contributed by atoms with Gasteiger partial charge in [0, 0.05) is 29.6 Å². The summed E-state index contributed by atoms with van der Waals surface area (Å²) in [6.45, 7) is 2.62. The Bertz CT molecular complexity index is 1280. The summed E-state index contributed by atoms with van der Waals surface area (Å²) in [6, 6.07) is 7.28. The van der Waals surface area contributed by atoms with Crippen molar-refractivity contribution < 1.29 is 33.0 Å². The molecule has 4 heterocycles. The number of benzene rings is 1. The van der Waals surface area contributed by atoms with Crippen LogP contribution in [0.4, 0.5) is 0 Å². The highest BCUT2D eigenvalue weighted by atomic mass is 35.5.